The molecule has 0 N–H and O–H groups in total. The Morgan fingerprint density at radius 2 is 2.00 bits per heavy atom. The summed E-state index contributed by atoms with van der Waals surface area (Å²) in [5.74, 6) is -0.665. The number of halogens is 2. The second kappa shape index (κ2) is 7.74. The van der Waals surface area contributed by atoms with Crippen molar-refractivity contribution in [2.75, 3.05) is 32.7 Å². The van der Waals surface area contributed by atoms with Crippen LogP contribution < -0.4 is 0 Å². The number of aromatic nitrogens is 1. The highest BCUT2D eigenvalue weighted by Gasteiger charge is 2.20. The summed E-state index contributed by atoms with van der Waals surface area (Å²) in [5.41, 5.74) is 0.155. The van der Waals surface area contributed by atoms with Gasteiger partial charge in [0.25, 0.3) is 0 Å². The van der Waals surface area contributed by atoms with Crippen molar-refractivity contribution in [1.29, 1.82) is 0 Å². The van der Waals surface area contributed by atoms with Crippen LogP contribution in [0, 0.1) is 11.6 Å². The number of amides is 1. The van der Waals surface area contributed by atoms with E-state index in [1.165, 1.54) is 18.3 Å². The van der Waals surface area contributed by atoms with Gasteiger partial charge in [0, 0.05) is 45.1 Å². The third kappa shape index (κ3) is 4.22. The van der Waals surface area contributed by atoms with Crippen molar-refractivity contribution < 1.29 is 18.0 Å². The molecule has 1 aliphatic heterocycles. The van der Waals surface area contributed by atoms with Crippen molar-refractivity contribution in [3.8, 4) is 11.3 Å². The minimum atomic E-state index is -0.701. The zero-order valence-corrected chi connectivity index (χ0v) is 14.2. The van der Waals surface area contributed by atoms with Crippen molar-refractivity contribution in [2.24, 2.45) is 0 Å². The summed E-state index contributed by atoms with van der Waals surface area (Å²) in [6.07, 6.45) is 2.06. The summed E-state index contributed by atoms with van der Waals surface area (Å²) < 4.78 is 32.3. The predicted molar refractivity (Wildman–Crippen MR) is 88.9 cm³/mol. The Kier molecular flexibility index (Phi) is 5.43. The molecule has 7 heteroatoms. The highest BCUT2D eigenvalue weighted by atomic mass is 19.1. The molecule has 1 aromatic carbocycles. The van der Waals surface area contributed by atoms with E-state index in [-0.39, 0.29) is 17.2 Å². The normalized spacial score (nSPS) is 15.6. The third-order valence-electron chi connectivity index (χ3n) is 4.48. The summed E-state index contributed by atoms with van der Waals surface area (Å²) in [5, 5.41) is 0. The number of hydrogen-bond donors (Lipinski definition) is 0. The molecule has 0 bridgehead atoms. The maximum Gasteiger partial charge on any atom is 0.223 e. The molecule has 0 saturated carbocycles. The number of rotatable bonds is 5. The quantitative estimate of drug-likeness (QED) is 0.833. The van der Waals surface area contributed by atoms with E-state index in [9.17, 15) is 13.6 Å². The van der Waals surface area contributed by atoms with E-state index >= 15 is 0 Å². The van der Waals surface area contributed by atoms with Crippen LogP contribution in [0.4, 0.5) is 8.78 Å². The maximum atomic E-state index is 13.8. The zero-order valence-electron chi connectivity index (χ0n) is 14.2. The number of hydrogen-bond acceptors (Lipinski definition) is 4. The van der Waals surface area contributed by atoms with Crippen LogP contribution in [0.25, 0.3) is 11.3 Å². The first-order chi connectivity index (χ1) is 12.1. The van der Waals surface area contributed by atoms with Crippen molar-refractivity contribution in [3.63, 3.8) is 0 Å². The molecule has 1 aliphatic rings. The van der Waals surface area contributed by atoms with E-state index in [2.05, 4.69) is 16.8 Å². The fourth-order valence-electron chi connectivity index (χ4n) is 2.93. The number of carbonyl (C=O) groups is 1. The lowest BCUT2D eigenvalue weighted by atomic mass is 10.2. The van der Waals surface area contributed by atoms with Gasteiger partial charge >= 0.3 is 0 Å². The maximum absolute atomic E-state index is 13.8. The summed E-state index contributed by atoms with van der Waals surface area (Å²) in [6.45, 7) is 6.39. The molecular weight excluding hydrogens is 328 g/mol. The molecule has 1 aromatic heterocycles. The average molecular weight is 349 g/mol. The van der Waals surface area contributed by atoms with Gasteiger partial charge in [-0.2, -0.15) is 0 Å². The van der Waals surface area contributed by atoms with Gasteiger partial charge in [-0.3, -0.25) is 4.79 Å². The lowest BCUT2D eigenvalue weighted by molar-refractivity contribution is -0.132. The van der Waals surface area contributed by atoms with Gasteiger partial charge in [0.15, 0.2) is 11.7 Å². The average Bonchev–Trinajstić information content (AvgIpc) is 3.08. The molecule has 3 rings (SSSR count). The molecule has 25 heavy (non-hydrogen) atoms. The van der Waals surface area contributed by atoms with E-state index in [0.29, 0.717) is 18.7 Å². The number of benzene rings is 1. The molecule has 1 fully saturated rings. The first kappa shape index (κ1) is 17.5. The van der Waals surface area contributed by atoms with Crippen LogP contribution in [0.15, 0.2) is 28.8 Å². The zero-order chi connectivity index (χ0) is 17.8. The van der Waals surface area contributed by atoms with Crippen LogP contribution in [0.1, 0.15) is 19.2 Å². The first-order valence-electron chi connectivity index (χ1n) is 8.47. The molecule has 0 atom stereocenters. The molecule has 2 heterocycles. The molecule has 2 aromatic rings. The van der Waals surface area contributed by atoms with Crippen molar-refractivity contribution in [2.45, 2.75) is 19.8 Å². The number of piperazine rings is 1. The van der Waals surface area contributed by atoms with Crippen LogP contribution in [0.5, 0.6) is 0 Å². The molecule has 0 aliphatic carbocycles. The van der Waals surface area contributed by atoms with Gasteiger partial charge in [-0.15, -0.1) is 0 Å². The highest BCUT2D eigenvalue weighted by molar-refractivity contribution is 5.76. The van der Waals surface area contributed by atoms with Gasteiger partial charge in [-0.05, 0) is 18.7 Å². The van der Waals surface area contributed by atoms with E-state index in [1.54, 1.807) is 0 Å². The lowest BCUT2D eigenvalue weighted by Crippen LogP contribution is -2.48. The molecule has 0 radical (unpaired) electrons. The topological polar surface area (TPSA) is 49.6 Å². The lowest BCUT2D eigenvalue weighted by Gasteiger charge is -2.34. The van der Waals surface area contributed by atoms with Crippen LogP contribution in [0.2, 0.25) is 0 Å². The Bertz CT molecular complexity index is 740. The number of aryl methyl sites for hydroxylation is 1. The van der Waals surface area contributed by atoms with E-state index in [4.69, 9.17) is 4.42 Å². The molecular formula is C18H21F2N3O2. The van der Waals surface area contributed by atoms with E-state index in [1.807, 2.05) is 4.90 Å². The Hall–Kier alpha value is -2.28. The second-order valence-corrected chi connectivity index (χ2v) is 6.06. The Morgan fingerprint density at radius 3 is 2.68 bits per heavy atom. The largest absolute Gasteiger partial charge is 0.441 e. The highest BCUT2D eigenvalue weighted by Crippen LogP contribution is 2.24. The molecule has 0 unspecified atom stereocenters. The van der Waals surface area contributed by atoms with Gasteiger partial charge in [0.1, 0.15) is 11.6 Å². The van der Waals surface area contributed by atoms with E-state index < -0.39 is 11.6 Å². The summed E-state index contributed by atoms with van der Waals surface area (Å²) >= 11 is 0. The SMILES string of the molecule is CCN1CCN(C(=O)CCc2ncc(-c3ccc(F)cc3F)o2)CC1. The minimum Gasteiger partial charge on any atom is -0.441 e. The van der Waals surface area contributed by atoms with Gasteiger partial charge in [-0.1, -0.05) is 6.92 Å². The van der Waals surface area contributed by atoms with Crippen LogP contribution in [-0.4, -0.2) is 53.4 Å². The summed E-state index contributed by atoms with van der Waals surface area (Å²) in [4.78, 5) is 20.5. The van der Waals surface area contributed by atoms with E-state index in [0.717, 1.165) is 38.8 Å². The summed E-state index contributed by atoms with van der Waals surface area (Å²) in [7, 11) is 0. The fraction of sp³-hybridized carbons (Fsp3) is 0.444. The molecule has 134 valence electrons. The molecule has 1 saturated heterocycles. The number of carbonyl (C=O) groups excluding carboxylic acids is 1. The van der Waals surface area contributed by atoms with Gasteiger partial charge in [0.2, 0.25) is 5.91 Å². The molecule has 0 spiro atoms. The summed E-state index contributed by atoms with van der Waals surface area (Å²) in [6, 6.07) is 3.28. The van der Waals surface area contributed by atoms with Crippen molar-refractivity contribution in [1.82, 2.24) is 14.8 Å². The monoisotopic (exact) mass is 349 g/mol. The predicted octanol–water partition coefficient (Wildman–Crippen LogP) is 2.72. The Balaban J connectivity index is 1.56. The first-order valence-corrected chi connectivity index (χ1v) is 8.47. The second-order valence-electron chi connectivity index (χ2n) is 6.06. The fourth-order valence-corrected chi connectivity index (χ4v) is 2.93. The van der Waals surface area contributed by atoms with Gasteiger partial charge in [-0.25, -0.2) is 13.8 Å². The molecule has 1 amide bonds. The third-order valence-corrected chi connectivity index (χ3v) is 4.48. The smallest absolute Gasteiger partial charge is 0.223 e. The van der Waals surface area contributed by atoms with Crippen LogP contribution in [0.3, 0.4) is 0 Å². The van der Waals surface area contributed by atoms with Gasteiger partial charge < -0.3 is 14.2 Å². The van der Waals surface area contributed by atoms with Crippen LogP contribution >= 0.6 is 0 Å². The Morgan fingerprint density at radius 1 is 1.24 bits per heavy atom. The number of nitrogens with zero attached hydrogens (tertiary/aromatic N) is 3. The van der Waals surface area contributed by atoms with Crippen molar-refractivity contribution in [3.05, 3.63) is 41.9 Å². The number of likely N-dealkylation sites (N-methyl/N-ethyl adjacent to an activating group) is 1. The number of oxazole rings is 1. The molecule has 5 nitrogen and oxygen atoms in total. The van der Waals surface area contributed by atoms with Crippen LogP contribution in [-0.2, 0) is 11.2 Å². The Labute approximate surface area is 145 Å². The standard InChI is InChI=1S/C18H21F2N3O2/c1-2-22-7-9-23(10-8-22)18(24)6-5-17-21-12-16(25-17)14-4-3-13(19)11-15(14)20/h3-4,11-12H,2,5-10H2,1H3. The minimum absolute atomic E-state index is 0.0727. The van der Waals surface area contributed by atoms with Crippen molar-refractivity contribution >= 4 is 5.91 Å². The van der Waals surface area contributed by atoms with Gasteiger partial charge in [0.05, 0.1) is 11.8 Å².